The fourth-order valence-corrected chi connectivity index (χ4v) is 4.73. The largest absolute Gasteiger partial charge is 0.417 e. The van der Waals surface area contributed by atoms with Gasteiger partial charge in [-0.15, -0.1) is 0 Å². The number of halogens is 4. The number of hydrogen-bond donors (Lipinski definition) is 0. The summed E-state index contributed by atoms with van der Waals surface area (Å²) in [6, 6.07) is 8.58. The topological polar surface area (TPSA) is 77.3 Å². The third kappa shape index (κ3) is 3.92. The summed E-state index contributed by atoms with van der Waals surface area (Å²) in [5, 5.41) is 8.98. The number of nitrogens with zero attached hydrogens (tertiary/aromatic N) is 4. The number of nitriles is 1. The SMILES string of the molecule is N#Cc1ccccc1S(=O)(=O)N1CCN(c2ncc(C(F)(F)F)cc2Cl)CC1. The number of aromatic nitrogens is 1. The van der Waals surface area contributed by atoms with E-state index in [1.165, 1.54) is 22.5 Å². The third-order valence-corrected chi connectivity index (χ3v) is 6.55. The van der Waals surface area contributed by atoms with Crippen LogP contribution in [0.5, 0.6) is 0 Å². The van der Waals surface area contributed by atoms with E-state index in [9.17, 15) is 21.6 Å². The lowest BCUT2D eigenvalue weighted by Crippen LogP contribution is -2.49. The Labute approximate surface area is 164 Å². The number of anilines is 1. The van der Waals surface area contributed by atoms with Crippen LogP contribution in [-0.2, 0) is 16.2 Å². The molecule has 6 nitrogen and oxygen atoms in total. The van der Waals surface area contributed by atoms with E-state index in [0.717, 1.165) is 6.07 Å². The zero-order chi connectivity index (χ0) is 20.5. The van der Waals surface area contributed by atoms with Crippen LogP contribution in [0.2, 0.25) is 5.02 Å². The van der Waals surface area contributed by atoms with Gasteiger partial charge in [-0.05, 0) is 18.2 Å². The van der Waals surface area contributed by atoms with Crippen molar-refractivity contribution < 1.29 is 21.6 Å². The molecular weight excluding hydrogens is 417 g/mol. The molecule has 1 aliphatic heterocycles. The smallest absolute Gasteiger partial charge is 0.353 e. The first-order valence-electron chi connectivity index (χ1n) is 8.11. The molecule has 0 saturated carbocycles. The molecule has 1 aliphatic rings. The molecule has 1 aromatic carbocycles. The fourth-order valence-electron chi connectivity index (χ4n) is 2.88. The second-order valence-corrected chi connectivity index (χ2v) is 8.34. The van der Waals surface area contributed by atoms with E-state index in [2.05, 4.69) is 4.98 Å². The van der Waals surface area contributed by atoms with Crippen molar-refractivity contribution >= 4 is 27.4 Å². The molecule has 1 fully saturated rings. The quantitative estimate of drug-likeness (QED) is 0.747. The van der Waals surface area contributed by atoms with Crippen molar-refractivity contribution in [3.05, 3.63) is 52.7 Å². The molecule has 1 aromatic heterocycles. The Kier molecular flexibility index (Phi) is 5.52. The molecule has 0 unspecified atom stereocenters. The monoisotopic (exact) mass is 430 g/mol. The van der Waals surface area contributed by atoms with Crippen molar-refractivity contribution in [2.45, 2.75) is 11.1 Å². The molecule has 0 atom stereocenters. The van der Waals surface area contributed by atoms with Crippen LogP contribution in [0.25, 0.3) is 0 Å². The summed E-state index contributed by atoms with van der Waals surface area (Å²) in [5.74, 6) is 0.170. The first kappa shape index (κ1) is 20.4. The highest BCUT2D eigenvalue weighted by Gasteiger charge is 2.34. The Morgan fingerprint density at radius 1 is 1.14 bits per heavy atom. The fraction of sp³-hybridized carbons (Fsp3) is 0.294. The van der Waals surface area contributed by atoms with Crippen LogP contribution in [-0.4, -0.2) is 43.9 Å². The molecule has 0 N–H and O–H groups in total. The van der Waals surface area contributed by atoms with Gasteiger partial charge in [-0.3, -0.25) is 0 Å². The van der Waals surface area contributed by atoms with Crippen molar-refractivity contribution in [2.75, 3.05) is 31.1 Å². The second-order valence-electron chi connectivity index (χ2n) is 6.03. The second kappa shape index (κ2) is 7.58. The van der Waals surface area contributed by atoms with E-state index in [1.807, 2.05) is 6.07 Å². The summed E-state index contributed by atoms with van der Waals surface area (Å²) in [6.07, 6.45) is -3.84. The summed E-state index contributed by atoms with van der Waals surface area (Å²) < 4.78 is 65.1. The zero-order valence-electron chi connectivity index (χ0n) is 14.3. The van der Waals surface area contributed by atoms with Gasteiger partial charge < -0.3 is 4.90 Å². The first-order valence-corrected chi connectivity index (χ1v) is 9.93. The van der Waals surface area contributed by atoms with Crippen LogP contribution >= 0.6 is 11.6 Å². The lowest BCUT2D eigenvalue weighted by Gasteiger charge is -2.35. The Balaban J connectivity index is 1.77. The van der Waals surface area contributed by atoms with E-state index in [4.69, 9.17) is 16.9 Å². The van der Waals surface area contributed by atoms with Crippen LogP contribution < -0.4 is 4.90 Å². The van der Waals surface area contributed by atoms with Gasteiger partial charge in [0.25, 0.3) is 0 Å². The Morgan fingerprint density at radius 3 is 2.36 bits per heavy atom. The minimum atomic E-state index is -4.55. The standard InChI is InChI=1S/C17H14ClF3N4O2S/c18-14-9-13(17(19,20)21)11-23-16(14)24-5-7-25(8-6-24)28(26,27)15-4-2-1-3-12(15)10-22/h1-4,9,11H,5-8H2. The number of sulfonamides is 1. The molecule has 11 heteroatoms. The van der Waals surface area contributed by atoms with Gasteiger partial charge in [0, 0.05) is 32.4 Å². The van der Waals surface area contributed by atoms with E-state index in [0.29, 0.717) is 6.20 Å². The van der Waals surface area contributed by atoms with E-state index < -0.39 is 21.8 Å². The average molecular weight is 431 g/mol. The minimum Gasteiger partial charge on any atom is -0.353 e. The summed E-state index contributed by atoms with van der Waals surface area (Å²) >= 11 is 5.96. The molecule has 1 saturated heterocycles. The van der Waals surface area contributed by atoms with Crippen molar-refractivity contribution in [1.29, 1.82) is 5.26 Å². The average Bonchev–Trinajstić information content (AvgIpc) is 2.67. The Hall–Kier alpha value is -2.35. The van der Waals surface area contributed by atoms with Gasteiger partial charge in [0.15, 0.2) is 0 Å². The highest BCUT2D eigenvalue weighted by molar-refractivity contribution is 7.89. The van der Waals surface area contributed by atoms with Gasteiger partial charge in [-0.25, -0.2) is 13.4 Å². The van der Waals surface area contributed by atoms with E-state index >= 15 is 0 Å². The lowest BCUT2D eigenvalue weighted by atomic mass is 10.2. The summed E-state index contributed by atoms with van der Waals surface area (Å²) in [4.78, 5) is 5.36. The predicted octanol–water partition coefficient (Wildman–Crippen LogP) is 3.14. The molecule has 2 aromatic rings. The third-order valence-electron chi connectivity index (χ3n) is 4.31. The van der Waals surface area contributed by atoms with Crippen molar-refractivity contribution in [3.8, 4) is 6.07 Å². The van der Waals surface area contributed by atoms with Gasteiger partial charge in [-0.1, -0.05) is 23.7 Å². The molecule has 3 rings (SSSR count). The number of alkyl halides is 3. The number of pyridine rings is 1. The number of benzene rings is 1. The van der Waals surface area contributed by atoms with Crippen molar-refractivity contribution in [2.24, 2.45) is 0 Å². The molecule has 0 bridgehead atoms. The molecule has 28 heavy (non-hydrogen) atoms. The van der Waals surface area contributed by atoms with Gasteiger partial charge in [0.05, 0.1) is 21.0 Å². The molecule has 148 valence electrons. The first-order chi connectivity index (χ1) is 13.1. The maximum atomic E-state index is 12.8. The van der Waals surface area contributed by atoms with E-state index in [1.54, 1.807) is 11.0 Å². The van der Waals surface area contributed by atoms with Gasteiger partial charge in [0.1, 0.15) is 11.9 Å². The van der Waals surface area contributed by atoms with Crippen molar-refractivity contribution in [1.82, 2.24) is 9.29 Å². The minimum absolute atomic E-state index is 0.0531. The van der Waals surface area contributed by atoms with Crippen molar-refractivity contribution in [3.63, 3.8) is 0 Å². The molecule has 2 heterocycles. The summed E-state index contributed by atoms with van der Waals surface area (Å²) in [7, 11) is -3.86. The highest BCUT2D eigenvalue weighted by Crippen LogP contribution is 2.34. The predicted molar refractivity (Wildman–Crippen MR) is 96.4 cm³/mol. The summed E-state index contributed by atoms with van der Waals surface area (Å²) in [6.45, 7) is 0.570. The lowest BCUT2D eigenvalue weighted by molar-refractivity contribution is -0.137. The maximum Gasteiger partial charge on any atom is 0.417 e. The Bertz CT molecular complexity index is 1030. The molecule has 0 radical (unpaired) electrons. The molecule has 0 amide bonds. The maximum absolute atomic E-state index is 12.8. The Morgan fingerprint density at radius 2 is 1.79 bits per heavy atom. The van der Waals surface area contributed by atoms with Crippen LogP contribution in [0.1, 0.15) is 11.1 Å². The normalized spacial score (nSPS) is 16.0. The van der Waals surface area contributed by atoms with Gasteiger partial charge in [0.2, 0.25) is 10.0 Å². The van der Waals surface area contributed by atoms with Crippen LogP contribution in [0.3, 0.4) is 0 Å². The van der Waals surface area contributed by atoms with Crippen LogP contribution in [0.15, 0.2) is 41.4 Å². The molecule has 0 aliphatic carbocycles. The highest BCUT2D eigenvalue weighted by atomic mass is 35.5. The van der Waals surface area contributed by atoms with Gasteiger partial charge in [-0.2, -0.15) is 22.7 Å². The molecular formula is C17H14ClF3N4O2S. The van der Waals surface area contributed by atoms with Crippen LogP contribution in [0, 0.1) is 11.3 Å². The zero-order valence-corrected chi connectivity index (χ0v) is 15.9. The number of piperazine rings is 1. The van der Waals surface area contributed by atoms with Gasteiger partial charge >= 0.3 is 6.18 Å². The number of rotatable bonds is 3. The molecule has 0 spiro atoms. The number of hydrogen-bond acceptors (Lipinski definition) is 5. The summed E-state index contributed by atoms with van der Waals surface area (Å²) in [5.41, 5.74) is -0.895. The van der Waals surface area contributed by atoms with E-state index in [-0.39, 0.29) is 47.5 Å². The van der Waals surface area contributed by atoms with Crippen LogP contribution in [0.4, 0.5) is 19.0 Å².